The molecule has 0 radical (unpaired) electrons. The van der Waals surface area contributed by atoms with Crippen molar-refractivity contribution < 1.29 is 23.9 Å². The molecule has 1 fully saturated rings. The van der Waals surface area contributed by atoms with Crippen LogP contribution in [0.5, 0.6) is 11.6 Å². The molecule has 1 aliphatic heterocycles. The van der Waals surface area contributed by atoms with Crippen molar-refractivity contribution in [3.8, 4) is 11.6 Å². The van der Waals surface area contributed by atoms with Gasteiger partial charge in [0, 0.05) is 24.2 Å². The molecule has 206 valence electrons. The minimum Gasteiger partial charge on any atom is -0.497 e. The van der Waals surface area contributed by atoms with Crippen LogP contribution in [0.2, 0.25) is 5.02 Å². The monoisotopic (exact) mass is 563 g/mol. The molecule has 1 atom stereocenters. The highest BCUT2D eigenvalue weighted by atomic mass is 35.5. The zero-order valence-electron chi connectivity index (χ0n) is 21.8. The Hall–Kier alpha value is -4.48. The molecular weight excluding hydrogens is 538 g/mol. The molecular formula is C28H26ClN5O6. The van der Waals surface area contributed by atoms with Gasteiger partial charge in [0.1, 0.15) is 17.5 Å². The Kier molecular flexibility index (Phi) is 7.94. The molecule has 0 amide bonds. The number of benzene rings is 2. The molecule has 1 N–H and O–H groups in total. The first-order chi connectivity index (χ1) is 19.3. The molecule has 2 aromatic heterocycles. The molecule has 5 rings (SSSR count). The van der Waals surface area contributed by atoms with E-state index in [4.69, 9.17) is 25.8 Å². The molecule has 12 heteroatoms. The van der Waals surface area contributed by atoms with Crippen molar-refractivity contribution in [2.24, 2.45) is 0 Å². The van der Waals surface area contributed by atoms with E-state index in [0.29, 0.717) is 31.1 Å². The SMILES string of the molecule is COc1ccc(Cn2nc(Nc3cc(OC4CCOC4)ncc3C(=O)c3ccccc3Cl)c([N+](=O)[O-])c2C)cc1. The molecule has 40 heavy (non-hydrogen) atoms. The summed E-state index contributed by atoms with van der Waals surface area (Å²) in [7, 11) is 1.58. The summed E-state index contributed by atoms with van der Waals surface area (Å²) in [5.41, 5.74) is 1.67. The van der Waals surface area contributed by atoms with E-state index in [1.807, 2.05) is 24.3 Å². The molecule has 2 aromatic carbocycles. The fraction of sp³-hybridized carbons (Fsp3) is 0.250. The van der Waals surface area contributed by atoms with E-state index in [-0.39, 0.29) is 51.9 Å². The smallest absolute Gasteiger partial charge is 0.334 e. The minimum absolute atomic E-state index is 0.0226. The average Bonchev–Trinajstić information content (AvgIpc) is 3.56. The number of ether oxygens (including phenoxy) is 3. The largest absolute Gasteiger partial charge is 0.497 e. The summed E-state index contributed by atoms with van der Waals surface area (Å²) in [4.78, 5) is 29.5. The van der Waals surface area contributed by atoms with Gasteiger partial charge < -0.3 is 19.5 Å². The second-order valence-corrected chi connectivity index (χ2v) is 9.56. The highest BCUT2D eigenvalue weighted by Crippen LogP contribution is 2.34. The number of aromatic nitrogens is 3. The highest BCUT2D eigenvalue weighted by molar-refractivity contribution is 6.35. The van der Waals surface area contributed by atoms with Crippen LogP contribution in [0.25, 0.3) is 0 Å². The maximum atomic E-state index is 13.5. The van der Waals surface area contributed by atoms with Crippen LogP contribution >= 0.6 is 11.6 Å². The molecule has 1 unspecified atom stereocenters. The lowest BCUT2D eigenvalue weighted by Gasteiger charge is -2.15. The van der Waals surface area contributed by atoms with Gasteiger partial charge in [-0.1, -0.05) is 35.9 Å². The molecule has 1 saturated heterocycles. The Balaban J connectivity index is 1.53. The van der Waals surface area contributed by atoms with Crippen molar-refractivity contribution >= 4 is 34.6 Å². The first-order valence-electron chi connectivity index (χ1n) is 12.5. The maximum Gasteiger partial charge on any atom is 0.334 e. The fourth-order valence-corrected chi connectivity index (χ4v) is 4.60. The summed E-state index contributed by atoms with van der Waals surface area (Å²) in [6.07, 6.45) is 1.88. The summed E-state index contributed by atoms with van der Waals surface area (Å²) >= 11 is 6.30. The number of carbonyl (C=O) groups is 1. The molecule has 0 aliphatic carbocycles. The van der Waals surface area contributed by atoms with Gasteiger partial charge in [-0.15, -0.1) is 5.10 Å². The van der Waals surface area contributed by atoms with Gasteiger partial charge in [-0.2, -0.15) is 0 Å². The number of hydrogen-bond acceptors (Lipinski definition) is 9. The summed E-state index contributed by atoms with van der Waals surface area (Å²) in [5.74, 6) is 0.509. The Morgan fingerprint density at radius 1 is 1.23 bits per heavy atom. The van der Waals surface area contributed by atoms with Crippen LogP contribution in [0.1, 0.15) is 33.6 Å². The lowest BCUT2D eigenvalue weighted by atomic mass is 10.0. The lowest BCUT2D eigenvalue weighted by molar-refractivity contribution is -0.384. The number of nitro groups is 1. The van der Waals surface area contributed by atoms with Crippen LogP contribution < -0.4 is 14.8 Å². The average molecular weight is 564 g/mol. The third-order valence-electron chi connectivity index (χ3n) is 6.52. The number of hydrogen-bond donors (Lipinski definition) is 1. The van der Waals surface area contributed by atoms with Crippen molar-refractivity contribution in [3.05, 3.63) is 98.3 Å². The van der Waals surface area contributed by atoms with E-state index in [1.165, 1.54) is 16.9 Å². The molecule has 0 spiro atoms. The number of anilines is 2. The van der Waals surface area contributed by atoms with Crippen LogP contribution in [0, 0.1) is 17.0 Å². The van der Waals surface area contributed by atoms with Crippen molar-refractivity contribution in [1.82, 2.24) is 14.8 Å². The van der Waals surface area contributed by atoms with E-state index >= 15 is 0 Å². The number of carbonyl (C=O) groups excluding carboxylic acids is 1. The highest BCUT2D eigenvalue weighted by Gasteiger charge is 2.28. The summed E-state index contributed by atoms with van der Waals surface area (Å²) in [6, 6.07) is 15.5. The van der Waals surface area contributed by atoms with Gasteiger partial charge in [-0.3, -0.25) is 19.6 Å². The van der Waals surface area contributed by atoms with Crippen molar-refractivity contribution in [1.29, 1.82) is 0 Å². The Bertz CT molecular complexity index is 1550. The fourth-order valence-electron chi connectivity index (χ4n) is 4.38. The molecule has 0 bridgehead atoms. The Morgan fingerprint density at radius 2 is 2.00 bits per heavy atom. The number of nitrogens with one attached hydrogen (secondary N) is 1. The molecule has 1 aliphatic rings. The van der Waals surface area contributed by atoms with Gasteiger partial charge in [0.15, 0.2) is 5.78 Å². The quantitative estimate of drug-likeness (QED) is 0.154. The first kappa shape index (κ1) is 27.1. The standard InChI is InChI=1S/C28H26ClN5O6/c1-17-26(34(36)37)28(32-33(17)15-18-7-9-19(38-2)10-8-18)31-24-13-25(40-20-11-12-39-16-20)30-14-22(24)27(35)21-5-3-4-6-23(21)29/h3-10,13-14,20H,11-12,15-16H2,1-2H3,(H,30,31,32). The number of halogens is 1. The predicted molar refractivity (Wildman–Crippen MR) is 148 cm³/mol. The van der Waals surface area contributed by atoms with E-state index in [2.05, 4.69) is 15.4 Å². The van der Waals surface area contributed by atoms with Gasteiger partial charge in [-0.25, -0.2) is 4.98 Å². The van der Waals surface area contributed by atoms with Crippen LogP contribution in [-0.4, -0.2) is 51.9 Å². The second kappa shape index (κ2) is 11.7. The van der Waals surface area contributed by atoms with Crippen molar-refractivity contribution in [2.75, 3.05) is 25.6 Å². The third-order valence-corrected chi connectivity index (χ3v) is 6.85. The predicted octanol–water partition coefficient (Wildman–Crippen LogP) is 5.35. The van der Waals surface area contributed by atoms with Crippen LogP contribution in [-0.2, 0) is 11.3 Å². The van der Waals surface area contributed by atoms with Crippen LogP contribution in [0.4, 0.5) is 17.2 Å². The van der Waals surface area contributed by atoms with Gasteiger partial charge in [-0.05, 0) is 36.8 Å². The minimum atomic E-state index is -0.501. The van der Waals surface area contributed by atoms with E-state index in [9.17, 15) is 14.9 Å². The van der Waals surface area contributed by atoms with Gasteiger partial charge in [0.2, 0.25) is 11.7 Å². The third kappa shape index (κ3) is 5.75. The molecule has 0 saturated carbocycles. The Morgan fingerprint density at radius 3 is 2.67 bits per heavy atom. The van der Waals surface area contributed by atoms with E-state index < -0.39 is 10.7 Å². The first-order valence-corrected chi connectivity index (χ1v) is 12.9. The molecule has 4 aromatic rings. The van der Waals surface area contributed by atoms with Crippen LogP contribution in [0.15, 0.2) is 60.8 Å². The summed E-state index contributed by atoms with van der Waals surface area (Å²) < 4.78 is 18.1. The second-order valence-electron chi connectivity index (χ2n) is 9.15. The summed E-state index contributed by atoms with van der Waals surface area (Å²) in [6.45, 7) is 2.91. The topological polar surface area (TPSA) is 131 Å². The number of nitrogens with zero attached hydrogens (tertiary/aromatic N) is 4. The maximum absolute atomic E-state index is 13.5. The van der Waals surface area contributed by atoms with Crippen molar-refractivity contribution in [2.45, 2.75) is 26.0 Å². The number of methoxy groups -OCH3 is 1. The number of pyridine rings is 1. The zero-order valence-corrected chi connectivity index (χ0v) is 22.6. The van der Waals surface area contributed by atoms with Gasteiger partial charge in [0.05, 0.1) is 48.1 Å². The number of rotatable bonds is 10. The van der Waals surface area contributed by atoms with Crippen LogP contribution in [0.3, 0.4) is 0 Å². The van der Waals surface area contributed by atoms with Crippen molar-refractivity contribution in [3.63, 3.8) is 0 Å². The van der Waals surface area contributed by atoms with E-state index in [0.717, 1.165) is 5.56 Å². The number of ketones is 1. The normalized spacial score (nSPS) is 14.6. The van der Waals surface area contributed by atoms with Gasteiger partial charge in [0.25, 0.3) is 0 Å². The van der Waals surface area contributed by atoms with E-state index in [1.54, 1.807) is 38.3 Å². The lowest BCUT2D eigenvalue weighted by Crippen LogP contribution is -2.17. The zero-order chi connectivity index (χ0) is 28.2. The Labute approximate surface area is 234 Å². The van der Waals surface area contributed by atoms with Gasteiger partial charge >= 0.3 is 5.69 Å². The summed E-state index contributed by atoms with van der Waals surface area (Å²) in [5, 5.41) is 19.9. The molecule has 3 heterocycles. The molecule has 11 nitrogen and oxygen atoms in total.